The number of phenolic OH excluding ortho intramolecular Hbond substituents is 1. The van der Waals surface area contributed by atoms with Crippen molar-refractivity contribution in [1.29, 1.82) is 0 Å². The third kappa shape index (κ3) is 2.68. The first-order valence-electron chi connectivity index (χ1n) is 6.97. The van der Waals surface area contributed by atoms with Crippen molar-refractivity contribution in [2.24, 2.45) is 0 Å². The van der Waals surface area contributed by atoms with Crippen LogP contribution in [0.15, 0.2) is 57.8 Å². The van der Waals surface area contributed by atoms with Crippen LogP contribution in [-0.2, 0) is 16.1 Å². The second kappa shape index (κ2) is 5.61. The highest BCUT2D eigenvalue weighted by Gasteiger charge is 2.12. The minimum atomic E-state index is -0.547. The van der Waals surface area contributed by atoms with Gasteiger partial charge >= 0.3 is 11.6 Å². The van der Waals surface area contributed by atoms with E-state index in [-0.39, 0.29) is 17.9 Å². The Morgan fingerprint density at radius 1 is 1.22 bits per heavy atom. The number of carbonyl (C=O) groups excluding carboxylic acids is 1. The zero-order chi connectivity index (χ0) is 16.6. The summed E-state index contributed by atoms with van der Waals surface area (Å²) in [5, 5.41) is 11.8. The van der Waals surface area contributed by atoms with Crippen LogP contribution in [0.3, 0.4) is 0 Å². The molecule has 0 saturated heterocycles. The van der Waals surface area contributed by atoms with Crippen molar-refractivity contribution < 1.29 is 19.1 Å². The van der Waals surface area contributed by atoms with Crippen LogP contribution in [0.5, 0.6) is 5.75 Å². The lowest BCUT2D eigenvalue weighted by Crippen LogP contribution is -2.08. The summed E-state index contributed by atoms with van der Waals surface area (Å²) in [7, 11) is 0. The Morgan fingerprint density at radius 2 is 1.96 bits per heavy atom. The van der Waals surface area contributed by atoms with Crippen molar-refractivity contribution in [1.82, 2.24) is 0 Å². The molecule has 1 N–H and O–H groups in total. The van der Waals surface area contributed by atoms with E-state index in [1.165, 1.54) is 6.07 Å². The maximum atomic E-state index is 11.8. The van der Waals surface area contributed by atoms with Crippen molar-refractivity contribution >= 4 is 27.7 Å². The second-order valence-electron chi connectivity index (χ2n) is 5.26. The first-order valence-corrected chi connectivity index (χ1v) is 6.97. The number of phenols is 1. The fourth-order valence-corrected chi connectivity index (χ4v) is 2.41. The van der Waals surface area contributed by atoms with Gasteiger partial charge in [0.15, 0.2) is 0 Å². The van der Waals surface area contributed by atoms with Crippen molar-refractivity contribution in [3.8, 4) is 5.75 Å². The lowest BCUT2D eigenvalue weighted by atomic mass is 10.0. The van der Waals surface area contributed by atoms with E-state index >= 15 is 0 Å². The summed E-state index contributed by atoms with van der Waals surface area (Å²) in [5.74, 6) is -0.420. The molecule has 116 valence electrons. The maximum Gasteiger partial charge on any atom is 0.336 e. The Hall–Kier alpha value is -3.08. The van der Waals surface area contributed by atoms with Crippen molar-refractivity contribution in [3.05, 3.63) is 64.5 Å². The number of hydrogen-bond donors (Lipinski definition) is 1. The topological polar surface area (TPSA) is 76.7 Å². The highest BCUT2D eigenvalue weighted by Crippen LogP contribution is 2.31. The molecule has 5 nitrogen and oxygen atoms in total. The molecular formula is C18H14O5. The third-order valence-corrected chi connectivity index (χ3v) is 3.54. The lowest BCUT2D eigenvalue weighted by Gasteiger charge is -2.09. The van der Waals surface area contributed by atoms with Gasteiger partial charge in [0.05, 0.1) is 0 Å². The number of benzene rings is 2. The van der Waals surface area contributed by atoms with Crippen molar-refractivity contribution in [2.45, 2.75) is 13.5 Å². The average molecular weight is 310 g/mol. The summed E-state index contributed by atoms with van der Waals surface area (Å²) in [6, 6.07) is 9.74. The molecule has 0 aliphatic rings. The molecule has 3 rings (SSSR count). The molecule has 0 unspecified atom stereocenters. The predicted octanol–water partition coefficient (Wildman–Crippen LogP) is 3.27. The Balaban J connectivity index is 2.18. The highest BCUT2D eigenvalue weighted by molar-refractivity contribution is 6.07. The first kappa shape index (κ1) is 14.8. The maximum absolute atomic E-state index is 11.8. The Morgan fingerprint density at radius 3 is 2.70 bits per heavy atom. The molecule has 0 aliphatic heterocycles. The van der Waals surface area contributed by atoms with Crippen LogP contribution in [0, 0.1) is 0 Å². The van der Waals surface area contributed by atoms with Gasteiger partial charge in [0.25, 0.3) is 0 Å². The molecule has 0 aliphatic carbocycles. The van der Waals surface area contributed by atoms with Gasteiger partial charge in [-0.2, -0.15) is 0 Å². The predicted molar refractivity (Wildman–Crippen MR) is 86.3 cm³/mol. The van der Waals surface area contributed by atoms with Crippen LogP contribution >= 0.6 is 0 Å². The molecule has 0 saturated carbocycles. The number of esters is 1. The fourth-order valence-electron chi connectivity index (χ4n) is 2.41. The Labute approximate surface area is 131 Å². The van der Waals surface area contributed by atoms with E-state index in [4.69, 9.17) is 9.15 Å². The molecule has 0 bridgehead atoms. The zero-order valence-corrected chi connectivity index (χ0v) is 12.5. The van der Waals surface area contributed by atoms with Crippen LogP contribution in [0.4, 0.5) is 0 Å². The van der Waals surface area contributed by atoms with Gasteiger partial charge in [-0.3, -0.25) is 0 Å². The summed E-state index contributed by atoms with van der Waals surface area (Å²) in [5.41, 5.74) is 0.630. The molecular weight excluding hydrogens is 296 g/mol. The molecule has 0 atom stereocenters. The van der Waals surface area contributed by atoms with Crippen molar-refractivity contribution in [3.63, 3.8) is 0 Å². The van der Waals surface area contributed by atoms with Gasteiger partial charge < -0.3 is 14.3 Å². The number of ether oxygens (including phenoxy) is 1. The molecule has 1 heterocycles. The van der Waals surface area contributed by atoms with E-state index in [9.17, 15) is 14.7 Å². The lowest BCUT2D eigenvalue weighted by molar-refractivity contribution is -0.140. The van der Waals surface area contributed by atoms with Crippen LogP contribution in [0.1, 0.15) is 12.5 Å². The fraction of sp³-hybridized carbons (Fsp3) is 0.111. The standard InChI is InChI=1S/C18H14O5/c1-10(2)18(21)22-9-11-8-16(20)23-17-12(11)6-7-13-14(17)4-3-5-15(13)19/h3-8,19H,1,9H2,2H3. The Kier molecular flexibility index (Phi) is 3.62. The zero-order valence-electron chi connectivity index (χ0n) is 12.5. The summed E-state index contributed by atoms with van der Waals surface area (Å²) in [6.45, 7) is 5.01. The van der Waals surface area contributed by atoms with Crippen LogP contribution < -0.4 is 5.63 Å². The van der Waals surface area contributed by atoms with Gasteiger partial charge in [-0.25, -0.2) is 9.59 Å². The minimum absolute atomic E-state index is 0.0574. The summed E-state index contributed by atoms with van der Waals surface area (Å²) in [6.07, 6.45) is 0. The molecule has 0 amide bonds. The van der Waals surface area contributed by atoms with Gasteiger partial charge in [0, 0.05) is 33.4 Å². The molecule has 0 spiro atoms. The molecule has 0 fully saturated rings. The Bertz CT molecular complexity index is 997. The number of fused-ring (bicyclic) bond motifs is 3. The molecule has 2 aromatic carbocycles. The van der Waals surface area contributed by atoms with Crippen LogP contribution in [0.25, 0.3) is 21.7 Å². The van der Waals surface area contributed by atoms with Gasteiger partial charge in [-0.15, -0.1) is 0 Å². The monoisotopic (exact) mass is 310 g/mol. The normalized spacial score (nSPS) is 10.8. The summed E-state index contributed by atoms with van der Waals surface area (Å²) in [4.78, 5) is 23.4. The summed E-state index contributed by atoms with van der Waals surface area (Å²) >= 11 is 0. The molecule has 5 heteroatoms. The minimum Gasteiger partial charge on any atom is -0.507 e. The van der Waals surface area contributed by atoms with Crippen LogP contribution in [-0.4, -0.2) is 11.1 Å². The number of carbonyl (C=O) groups is 1. The molecule has 1 aromatic heterocycles. The number of rotatable bonds is 3. The number of aromatic hydroxyl groups is 1. The largest absolute Gasteiger partial charge is 0.507 e. The van der Waals surface area contributed by atoms with E-state index in [1.807, 2.05) is 0 Å². The first-order chi connectivity index (χ1) is 11.0. The van der Waals surface area contributed by atoms with Gasteiger partial charge in [-0.1, -0.05) is 24.8 Å². The van der Waals surface area contributed by atoms with E-state index in [1.54, 1.807) is 37.3 Å². The van der Waals surface area contributed by atoms with E-state index in [0.29, 0.717) is 27.3 Å². The molecule has 0 radical (unpaired) electrons. The number of hydrogen-bond acceptors (Lipinski definition) is 5. The quantitative estimate of drug-likeness (QED) is 0.348. The van der Waals surface area contributed by atoms with Gasteiger partial charge in [0.1, 0.15) is 17.9 Å². The average Bonchev–Trinajstić information content (AvgIpc) is 2.52. The van der Waals surface area contributed by atoms with Gasteiger partial charge in [0.2, 0.25) is 0 Å². The third-order valence-electron chi connectivity index (χ3n) is 3.54. The van der Waals surface area contributed by atoms with Crippen molar-refractivity contribution in [2.75, 3.05) is 0 Å². The van der Waals surface area contributed by atoms with Gasteiger partial charge in [-0.05, 0) is 19.1 Å². The summed E-state index contributed by atoms with van der Waals surface area (Å²) < 4.78 is 10.4. The van der Waals surface area contributed by atoms with E-state index < -0.39 is 11.6 Å². The van der Waals surface area contributed by atoms with Crippen LogP contribution in [0.2, 0.25) is 0 Å². The highest BCUT2D eigenvalue weighted by atomic mass is 16.5. The second-order valence-corrected chi connectivity index (χ2v) is 5.26. The van der Waals surface area contributed by atoms with E-state index in [0.717, 1.165) is 0 Å². The molecule has 3 aromatic rings. The van der Waals surface area contributed by atoms with E-state index in [2.05, 4.69) is 6.58 Å². The smallest absolute Gasteiger partial charge is 0.336 e. The molecule has 23 heavy (non-hydrogen) atoms. The SMILES string of the molecule is C=C(C)C(=O)OCc1cc(=O)oc2c1ccc1c(O)cccc12.